The third kappa shape index (κ3) is 8.44. The number of para-hydroxylation sites is 2. The molecule has 0 atom stereocenters. The van der Waals surface area contributed by atoms with E-state index in [2.05, 4.69) is 0 Å². The highest BCUT2D eigenvalue weighted by molar-refractivity contribution is 6.05. The first-order valence-electron chi connectivity index (χ1n) is 9.67. The molecule has 2 rings (SSSR count). The SMILES string of the molecule is O=C(Oc1ccccc1)C(O)(COCCOCCOCCO)C(=O)Oc1ccccc1. The van der Waals surface area contributed by atoms with Gasteiger partial charge in [-0.2, -0.15) is 0 Å². The van der Waals surface area contributed by atoms with Crippen LogP contribution in [-0.4, -0.2) is 74.0 Å². The predicted molar refractivity (Wildman–Crippen MR) is 109 cm³/mol. The summed E-state index contributed by atoms with van der Waals surface area (Å²) >= 11 is 0. The summed E-state index contributed by atoms with van der Waals surface area (Å²) in [5.74, 6) is -2.13. The standard InChI is InChI=1S/C22H26O9/c23-11-12-27-13-14-28-15-16-29-17-22(26,20(24)30-18-7-3-1-4-8-18)21(25)31-19-9-5-2-6-10-19/h1-10,23,26H,11-17H2. The molecule has 0 saturated carbocycles. The Hall–Kier alpha value is -2.82. The number of benzene rings is 2. The number of aliphatic hydroxyl groups is 2. The molecule has 0 amide bonds. The minimum atomic E-state index is -2.68. The van der Waals surface area contributed by atoms with Crippen LogP contribution in [0.3, 0.4) is 0 Å². The third-order valence-corrected chi connectivity index (χ3v) is 3.87. The summed E-state index contributed by atoms with van der Waals surface area (Å²) < 4.78 is 25.9. The lowest BCUT2D eigenvalue weighted by molar-refractivity contribution is -0.179. The third-order valence-electron chi connectivity index (χ3n) is 3.87. The van der Waals surface area contributed by atoms with Gasteiger partial charge < -0.3 is 33.9 Å². The van der Waals surface area contributed by atoms with Crippen molar-refractivity contribution in [3.8, 4) is 11.5 Å². The Morgan fingerprint density at radius 2 is 1.10 bits per heavy atom. The monoisotopic (exact) mass is 434 g/mol. The van der Waals surface area contributed by atoms with E-state index in [0.717, 1.165) is 0 Å². The lowest BCUT2D eigenvalue weighted by Gasteiger charge is -2.23. The van der Waals surface area contributed by atoms with Crippen molar-refractivity contribution in [1.82, 2.24) is 0 Å². The summed E-state index contributed by atoms with van der Waals surface area (Å²) in [5, 5.41) is 19.4. The van der Waals surface area contributed by atoms with Crippen molar-refractivity contribution in [2.24, 2.45) is 0 Å². The predicted octanol–water partition coefficient (Wildman–Crippen LogP) is 0.971. The summed E-state index contributed by atoms with van der Waals surface area (Å²) in [7, 11) is 0. The van der Waals surface area contributed by atoms with E-state index in [0.29, 0.717) is 6.61 Å². The van der Waals surface area contributed by atoms with E-state index in [1.165, 1.54) is 24.3 Å². The molecule has 168 valence electrons. The molecule has 0 spiro atoms. The van der Waals surface area contributed by atoms with Gasteiger partial charge in [0, 0.05) is 0 Å². The molecule has 2 aromatic carbocycles. The Labute approximate surface area is 180 Å². The number of hydrogen-bond donors (Lipinski definition) is 2. The van der Waals surface area contributed by atoms with E-state index in [9.17, 15) is 14.7 Å². The van der Waals surface area contributed by atoms with E-state index < -0.39 is 24.1 Å². The Bertz CT molecular complexity index is 727. The van der Waals surface area contributed by atoms with E-state index in [1.807, 2.05) is 0 Å². The van der Waals surface area contributed by atoms with Gasteiger partial charge in [-0.25, -0.2) is 9.59 Å². The van der Waals surface area contributed by atoms with Crippen molar-refractivity contribution in [3.05, 3.63) is 60.7 Å². The summed E-state index contributed by atoms with van der Waals surface area (Å²) in [6.07, 6.45) is 0. The molecule has 2 N–H and O–H groups in total. The highest BCUT2D eigenvalue weighted by Gasteiger charge is 2.48. The van der Waals surface area contributed by atoms with Gasteiger partial charge in [-0.15, -0.1) is 0 Å². The van der Waals surface area contributed by atoms with Gasteiger partial charge in [0.2, 0.25) is 0 Å². The molecule has 0 radical (unpaired) electrons. The maximum Gasteiger partial charge on any atom is 0.357 e. The van der Waals surface area contributed by atoms with Crippen molar-refractivity contribution in [3.63, 3.8) is 0 Å². The second kappa shape index (κ2) is 13.5. The fraction of sp³-hybridized carbons (Fsp3) is 0.364. The molecule has 2 aromatic rings. The van der Waals surface area contributed by atoms with Gasteiger partial charge in [-0.1, -0.05) is 36.4 Å². The minimum Gasteiger partial charge on any atom is -0.424 e. The maximum atomic E-state index is 12.6. The summed E-state index contributed by atoms with van der Waals surface area (Å²) in [4.78, 5) is 25.2. The van der Waals surface area contributed by atoms with Crippen molar-refractivity contribution < 1.29 is 43.5 Å². The largest absolute Gasteiger partial charge is 0.424 e. The zero-order valence-electron chi connectivity index (χ0n) is 17.0. The second-order valence-corrected chi connectivity index (χ2v) is 6.27. The molecule has 0 aliphatic heterocycles. The van der Waals surface area contributed by atoms with E-state index in [1.54, 1.807) is 36.4 Å². The molecule has 0 aliphatic rings. The lowest BCUT2D eigenvalue weighted by atomic mass is 10.1. The van der Waals surface area contributed by atoms with E-state index >= 15 is 0 Å². The molecular weight excluding hydrogens is 408 g/mol. The normalized spacial score (nSPS) is 11.2. The van der Waals surface area contributed by atoms with Gasteiger partial charge in [0.15, 0.2) is 0 Å². The fourth-order valence-corrected chi connectivity index (χ4v) is 2.29. The van der Waals surface area contributed by atoms with Crippen LogP contribution in [0, 0.1) is 0 Å². The number of hydrogen-bond acceptors (Lipinski definition) is 9. The Morgan fingerprint density at radius 1 is 0.677 bits per heavy atom. The first-order chi connectivity index (χ1) is 15.1. The zero-order valence-corrected chi connectivity index (χ0v) is 17.0. The number of esters is 2. The average molecular weight is 434 g/mol. The van der Waals surface area contributed by atoms with Crippen LogP contribution >= 0.6 is 0 Å². The van der Waals surface area contributed by atoms with Gasteiger partial charge in [0.05, 0.1) is 46.2 Å². The lowest BCUT2D eigenvalue weighted by Crippen LogP contribution is -2.55. The van der Waals surface area contributed by atoms with E-state index in [-0.39, 0.29) is 44.5 Å². The zero-order chi connectivity index (χ0) is 22.4. The molecule has 9 heteroatoms. The van der Waals surface area contributed by atoms with Crippen molar-refractivity contribution in [2.45, 2.75) is 5.60 Å². The molecule has 31 heavy (non-hydrogen) atoms. The summed E-state index contributed by atoms with van der Waals surface area (Å²) in [6, 6.07) is 16.1. The Morgan fingerprint density at radius 3 is 1.55 bits per heavy atom. The summed E-state index contributed by atoms with van der Waals surface area (Å²) in [5.41, 5.74) is -2.68. The van der Waals surface area contributed by atoms with Crippen LogP contribution in [0.2, 0.25) is 0 Å². The first kappa shape index (κ1) is 24.4. The highest BCUT2D eigenvalue weighted by Crippen LogP contribution is 2.18. The molecule has 9 nitrogen and oxygen atoms in total. The molecule has 0 fully saturated rings. The van der Waals surface area contributed by atoms with Gasteiger partial charge in [0.1, 0.15) is 11.5 Å². The summed E-state index contributed by atoms with van der Waals surface area (Å²) in [6.45, 7) is 0.186. The van der Waals surface area contributed by atoms with Crippen LogP contribution in [0.5, 0.6) is 11.5 Å². The van der Waals surface area contributed by atoms with Crippen LogP contribution in [0.1, 0.15) is 0 Å². The van der Waals surface area contributed by atoms with Crippen LogP contribution in [-0.2, 0) is 23.8 Å². The van der Waals surface area contributed by atoms with Crippen LogP contribution in [0.4, 0.5) is 0 Å². The molecule has 0 unspecified atom stereocenters. The quantitative estimate of drug-likeness (QED) is 0.194. The number of rotatable bonds is 14. The van der Waals surface area contributed by atoms with Crippen LogP contribution < -0.4 is 9.47 Å². The Balaban J connectivity index is 1.93. The number of carbonyl (C=O) groups excluding carboxylic acids is 2. The topological polar surface area (TPSA) is 121 Å². The first-order valence-corrected chi connectivity index (χ1v) is 9.67. The fourth-order valence-electron chi connectivity index (χ4n) is 2.29. The minimum absolute atomic E-state index is 0.000452. The number of aliphatic hydroxyl groups excluding tert-OH is 1. The van der Waals surface area contributed by atoms with Crippen molar-refractivity contribution in [1.29, 1.82) is 0 Å². The molecular formula is C22H26O9. The van der Waals surface area contributed by atoms with Crippen LogP contribution in [0.15, 0.2) is 60.7 Å². The molecule has 0 saturated heterocycles. The van der Waals surface area contributed by atoms with Gasteiger partial charge in [0.25, 0.3) is 5.60 Å². The van der Waals surface area contributed by atoms with Crippen molar-refractivity contribution in [2.75, 3.05) is 46.2 Å². The average Bonchev–Trinajstić information content (AvgIpc) is 2.79. The molecule has 0 bridgehead atoms. The smallest absolute Gasteiger partial charge is 0.357 e. The number of carbonyl (C=O) groups is 2. The molecule has 0 aliphatic carbocycles. The molecule has 0 heterocycles. The molecule has 0 aromatic heterocycles. The van der Waals surface area contributed by atoms with Gasteiger partial charge in [-0.05, 0) is 24.3 Å². The van der Waals surface area contributed by atoms with E-state index in [4.69, 9.17) is 28.8 Å². The van der Waals surface area contributed by atoms with Crippen molar-refractivity contribution >= 4 is 11.9 Å². The van der Waals surface area contributed by atoms with Crippen LogP contribution in [0.25, 0.3) is 0 Å². The highest BCUT2D eigenvalue weighted by atomic mass is 16.6. The second-order valence-electron chi connectivity index (χ2n) is 6.27. The Kier molecular flexibility index (Phi) is 10.6. The number of ether oxygens (including phenoxy) is 5. The van der Waals surface area contributed by atoms with Gasteiger partial charge in [-0.3, -0.25) is 0 Å². The van der Waals surface area contributed by atoms with Gasteiger partial charge >= 0.3 is 11.9 Å². The maximum absolute atomic E-state index is 12.6.